The second-order valence-electron chi connectivity index (χ2n) is 3.40. The van der Waals surface area contributed by atoms with E-state index >= 15 is 0 Å². The van der Waals surface area contributed by atoms with Gasteiger partial charge in [-0.15, -0.1) is 12.4 Å². The molecule has 1 unspecified atom stereocenters. The van der Waals surface area contributed by atoms with E-state index in [1.165, 1.54) is 0 Å². The molecule has 90 valence electrons. The number of halogens is 1. The predicted molar refractivity (Wildman–Crippen MR) is 68.5 cm³/mol. The average molecular weight is 243 g/mol. The number of hydrogen-bond acceptors (Lipinski definition) is 2. The Kier molecular flexibility index (Phi) is 6.77. The summed E-state index contributed by atoms with van der Waals surface area (Å²) in [5, 5.41) is 0. The first-order valence-corrected chi connectivity index (χ1v) is 5.30. The molecule has 0 radical (unpaired) electrons. The van der Waals surface area contributed by atoms with Gasteiger partial charge < -0.3 is 10.6 Å². The molecular formula is C12H19ClN2O. The first-order valence-electron chi connectivity index (χ1n) is 5.30. The Morgan fingerprint density at radius 1 is 1.25 bits per heavy atom. The zero-order valence-corrected chi connectivity index (χ0v) is 10.5. The molecule has 0 aliphatic carbocycles. The molecule has 3 nitrogen and oxygen atoms in total. The van der Waals surface area contributed by atoms with Crippen molar-refractivity contribution in [2.45, 2.75) is 19.9 Å². The Morgan fingerprint density at radius 2 is 1.75 bits per heavy atom. The van der Waals surface area contributed by atoms with Crippen molar-refractivity contribution in [2.75, 3.05) is 13.1 Å². The van der Waals surface area contributed by atoms with Gasteiger partial charge in [0.2, 0.25) is 5.91 Å². The fraction of sp³-hybridized carbons (Fsp3) is 0.417. The van der Waals surface area contributed by atoms with Crippen molar-refractivity contribution in [3.05, 3.63) is 35.9 Å². The number of nitrogens with two attached hydrogens (primary N) is 1. The molecule has 4 heteroatoms. The van der Waals surface area contributed by atoms with Gasteiger partial charge >= 0.3 is 0 Å². The lowest BCUT2D eigenvalue weighted by molar-refractivity contribution is -0.132. The molecule has 0 aliphatic heterocycles. The Hall–Kier alpha value is -1.06. The summed E-state index contributed by atoms with van der Waals surface area (Å²) in [6.07, 6.45) is 0. The van der Waals surface area contributed by atoms with Crippen molar-refractivity contribution in [1.29, 1.82) is 0 Å². The number of nitrogens with zero attached hydrogens (tertiary/aromatic N) is 1. The molecule has 0 heterocycles. The van der Waals surface area contributed by atoms with E-state index in [0.29, 0.717) is 13.1 Å². The number of carbonyl (C=O) groups excluding carboxylic acids is 1. The highest BCUT2D eigenvalue weighted by molar-refractivity contribution is 5.85. The third-order valence-corrected chi connectivity index (χ3v) is 2.50. The number of amides is 1. The molecule has 2 N–H and O–H groups in total. The van der Waals surface area contributed by atoms with Crippen LogP contribution in [0.4, 0.5) is 0 Å². The molecule has 0 saturated heterocycles. The summed E-state index contributed by atoms with van der Waals surface area (Å²) < 4.78 is 0. The third-order valence-electron chi connectivity index (χ3n) is 2.50. The van der Waals surface area contributed by atoms with Crippen LogP contribution in [0, 0.1) is 0 Å². The maximum absolute atomic E-state index is 11.9. The average Bonchev–Trinajstić information content (AvgIpc) is 2.30. The lowest BCUT2D eigenvalue weighted by Gasteiger charge is -2.22. The molecule has 1 rings (SSSR count). The topological polar surface area (TPSA) is 46.3 Å². The lowest BCUT2D eigenvalue weighted by atomic mass is 10.1. The number of benzene rings is 1. The molecule has 1 aromatic carbocycles. The van der Waals surface area contributed by atoms with Crippen LogP contribution >= 0.6 is 12.4 Å². The van der Waals surface area contributed by atoms with Crippen LogP contribution in [0.2, 0.25) is 0 Å². The molecule has 0 spiro atoms. The van der Waals surface area contributed by atoms with Gasteiger partial charge in [-0.1, -0.05) is 30.3 Å². The van der Waals surface area contributed by atoms with Crippen LogP contribution in [-0.4, -0.2) is 23.9 Å². The minimum absolute atomic E-state index is 0. The van der Waals surface area contributed by atoms with Gasteiger partial charge in [0.15, 0.2) is 0 Å². The van der Waals surface area contributed by atoms with Crippen molar-refractivity contribution < 1.29 is 4.79 Å². The molecule has 0 aliphatic rings. The number of rotatable bonds is 4. The zero-order chi connectivity index (χ0) is 11.3. The monoisotopic (exact) mass is 242 g/mol. The summed E-state index contributed by atoms with van der Waals surface area (Å²) in [4.78, 5) is 13.7. The van der Waals surface area contributed by atoms with Crippen LogP contribution in [0.15, 0.2) is 30.3 Å². The SMILES string of the molecule is CCN(CC)C(=O)C(N)c1ccccc1.Cl. The Balaban J connectivity index is 0.00000225. The summed E-state index contributed by atoms with van der Waals surface area (Å²) in [6, 6.07) is 8.93. The standard InChI is InChI=1S/C12H18N2O.ClH/c1-3-14(4-2)12(15)11(13)10-8-6-5-7-9-10;/h5-9,11H,3-4,13H2,1-2H3;1H. The van der Waals surface area contributed by atoms with Gasteiger partial charge in [0.05, 0.1) is 0 Å². The van der Waals surface area contributed by atoms with Crippen molar-refractivity contribution in [3.63, 3.8) is 0 Å². The Morgan fingerprint density at radius 3 is 2.19 bits per heavy atom. The van der Waals surface area contributed by atoms with E-state index in [9.17, 15) is 4.79 Å². The van der Waals surface area contributed by atoms with Crippen LogP contribution < -0.4 is 5.73 Å². The van der Waals surface area contributed by atoms with E-state index in [2.05, 4.69) is 0 Å². The minimum atomic E-state index is -0.536. The zero-order valence-electron chi connectivity index (χ0n) is 9.72. The summed E-state index contributed by atoms with van der Waals surface area (Å²) in [6.45, 7) is 5.32. The summed E-state index contributed by atoms with van der Waals surface area (Å²) >= 11 is 0. The third kappa shape index (κ3) is 3.51. The molecule has 0 aromatic heterocycles. The normalized spacial score (nSPS) is 11.4. The molecule has 0 bridgehead atoms. The van der Waals surface area contributed by atoms with E-state index in [0.717, 1.165) is 5.56 Å². The van der Waals surface area contributed by atoms with Gasteiger partial charge in [-0.3, -0.25) is 4.79 Å². The first-order chi connectivity index (χ1) is 7.20. The van der Waals surface area contributed by atoms with Crippen molar-refractivity contribution in [3.8, 4) is 0 Å². The molecule has 1 atom stereocenters. The van der Waals surface area contributed by atoms with Crippen molar-refractivity contribution in [2.24, 2.45) is 5.73 Å². The number of carbonyl (C=O) groups is 1. The van der Waals surface area contributed by atoms with E-state index < -0.39 is 6.04 Å². The first kappa shape index (κ1) is 14.9. The van der Waals surface area contributed by atoms with E-state index in [-0.39, 0.29) is 18.3 Å². The van der Waals surface area contributed by atoms with Crippen LogP contribution in [0.1, 0.15) is 25.5 Å². The fourth-order valence-electron chi connectivity index (χ4n) is 1.53. The maximum atomic E-state index is 11.9. The molecule has 16 heavy (non-hydrogen) atoms. The highest BCUT2D eigenvalue weighted by Gasteiger charge is 2.19. The molecule has 0 fully saturated rings. The van der Waals surface area contributed by atoms with E-state index in [1.54, 1.807) is 4.90 Å². The van der Waals surface area contributed by atoms with Gasteiger partial charge in [0, 0.05) is 13.1 Å². The Labute approximate surface area is 103 Å². The van der Waals surface area contributed by atoms with Crippen LogP contribution in [0.25, 0.3) is 0 Å². The van der Waals surface area contributed by atoms with Crippen LogP contribution in [0.3, 0.4) is 0 Å². The molecule has 1 aromatic rings. The van der Waals surface area contributed by atoms with Gasteiger partial charge in [-0.2, -0.15) is 0 Å². The van der Waals surface area contributed by atoms with Gasteiger partial charge in [-0.25, -0.2) is 0 Å². The maximum Gasteiger partial charge on any atom is 0.244 e. The largest absolute Gasteiger partial charge is 0.342 e. The van der Waals surface area contributed by atoms with Gasteiger partial charge in [0.25, 0.3) is 0 Å². The molecular weight excluding hydrogens is 224 g/mol. The predicted octanol–water partition coefficient (Wildman–Crippen LogP) is 1.98. The van der Waals surface area contributed by atoms with Crippen LogP contribution in [0.5, 0.6) is 0 Å². The highest BCUT2D eigenvalue weighted by Crippen LogP contribution is 2.12. The Bertz CT molecular complexity index is 312. The quantitative estimate of drug-likeness (QED) is 0.878. The van der Waals surface area contributed by atoms with Gasteiger partial charge in [-0.05, 0) is 19.4 Å². The summed E-state index contributed by atoms with van der Waals surface area (Å²) in [5.41, 5.74) is 6.77. The lowest BCUT2D eigenvalue weighted by Crippen LogP contribution is -2.38. The minimum Gasteiger partial charge on any atom is -0.342 e. The highest BCUT2D eigenvalue weighted by atomic mass is 35.5. The van der Waals surface area contributed by atoms with Crippen LogP contribution in [-0.2, 0) is 4.79 Å². The molecule has 1 amide bonds. The number of hydrogen-bond donors (Lipinski definition) is 1. The van der Waals surface area contributed by atoms with Gasteiger partial charge in [0.1, 0.15) is 6.04 Å². The fourth-order valence-corrected chi connectivity index (χ4v) is 1.53. The second-order valence-corrected chi connectivity index (χ2v) is 3.40. The summed E-state index contributed by atoms with van der Waals surface area (Å²) in [5.74, 6) is -0.00815. The van der Waals surface area contributed by atoms with Crippen molar-refractivity contribution >= 4 is 18.3 Å². The van der Waals surface area contributed by atoms with E-state index in [4.69, 9.17) is 5.73 Å². The molecule has 0 saturated carbocycles. The number of likely N-dealkylation sites (N-methyl/N-ethyl adjacent to an activating group) is 1. The second kappa shape index (κ2) is 7.25. The van der Waals surface area contributed by atoms with E-state index in [1.807, 2.05) is 44.2 Å². The smallest absolute Gasteiger partial charge is 0.244 e. The van der Waals surface area contributed by atoms with Crippen molar-refractivity contribution in [1.82, 2.24) is 4.90 Å². The summed E-state index contributed by atoms with van der Waals surface area (Å²) in [7, 11) is 0.